The molecule has 0 radical (unpaired) electrons. The molecule has 2 rings (SSSR count). The van der Waals surface area contributed by atoms with Gasteiger partial charge in [0, 0.05) is 29.0 Å². The van der Waals surface area contributed by atoms with Crippen LogP contribution in [0.2, 0.25) is 0 Å². The summed E-state index contributed by atoms with van der Waals surface area (Å²) in [4.78, 5) is 1.46. The van der Waals surface area contributed by atoms with Crippen LogP contribution in [0.5, 0.6) is 0 Å². The fourth-order valence-corrected chi connectivity index (χ4v) is 3.74. The number of rotatable bonds is 6. The van der Waals surface area contributed by atoms with Gasteiger partial charge in [-0.1, -0.05) is 24.1 Å². The molecule has 1 aliphatic rings. The number of hydrogen-bond acceptors (Lipinski definition) is 3. The molecule has 0 saturated carbocycles. The molecule has 0 bridgehead atoms. The van der Waals surface area contributed by atoms with E-state index < -0.39 is 0 Å². The van der Waals surface area contributed by atoms with Gasteiger partial charge in [-0.2, -0.15) is 0 Å². The van der Waals surface area contributed by atoms with Crippen molar-refractivity contribution in [2.24, 2.45) is 0 Å². The fourth-order valence-electron chi connectivity index (χ4n) is 1.91. The topological polar surface area (TPSA) is 12.0 Å². The molecular formula is C14H17NS2. The van der Waals surface area contributed by atoms with Gasteiger partial charge in [0.25, 0.3) is 0 Å². The second kappa shape index (κ2) is 7.00. The lowest BCUT2D eigenvalue weighted by Crippen LogP contribution is -2.26. The molecule has 0 aliphatic carbocycles. The number of terminal acetylenes is 1. The van der Waals surface area contributed by atoms with Crippen LogP contribution in [0, 0.1) is 12.3 Å². The number of nitrogens with one attached hydrogen (secondary N) is 1. The number of fused-ring (bicyclic) bond motifs is 1. The summed E-state index contributed by atoms with van der Waals surface area (Å²) < 4.78 is 0. The molecule has 1 atom stereocenters. The van der Waals surface area contributed by atoms with E-state index in [4.69, 9.17) is 6.42 Å². The van der Waals surface area contributed by atoms with Crippen LogP contribution in [-0.2, 0) is 6.42 Å². The fraction of sp³-hybridized carbons (Fsp3) is 0.429. The molecule has 1 aromatic rings. The third-order valence-electron chi connectivity index (χ3n) is 2.69. The molecule has 1 aromatic carbocycles. The summed E-state index contributed by atoms with van der Waals surface area (Å²) in [5, 5.41) is 4.21. The first-order valence-corrected chi connectivity index (χ1v) is 7.90. The summed E-state index contributed by atoms with van der Waals surface area (Å²) in [7, 11) is 0. The molecular weight excluding hydrogens is 246 g/mol. The molecule has 1 nitrogen and oxygen atoms in total. The van der Waals surface area contributed by atoms with Crippen LogP contribution in [0.4, 0.5) is 0 Å². The largest absolute Gasteiger partial charge is 0.315 e. The summed E-state index contributed by atoms with van der Waals surface area (Å²) in [6, 6.07) is 8.72. The minimum atomic E-state index is 0.699. The lowest BCUT2D eigenvalue weighted by Gasteiger charge is -2.09. The van der Waals surface area contributed by atoms with Gasteiger partial charge in [0.2, 0.25) is 0 Å². The molecule has 0 aromatic heterocycles. The van der Waals surface area contributed by atoms with Gasteiger partial charge in [0.15, 0.2) is 0 Å². The Bertz CT molecular complexity index is 372. The Hall–Kier alpha value is -0.560. The predicted molar refractivity (Wildman–Crippen MR) is 78.8 cm³/mol. The van der Waals surface area contributed by atoms with Crippen molar-refractivity contribution < 1.29 is 0 Å². The molecule has 0 spiro atoms. The summed E-state index contributed by atoms with van der Waals surface area (Å²) in [6.07, 6.45) is 6.40. The Morgan fingerprint density at radius 1 is 1.47 bits per heavy atom. The predicted octanol–water partition coefficient (Wildman–Crippen LogP) is 2.66. The third-order valence-corrected chi connectivity index (χ3v) is 4.88. The van der Waals surface area contributed by atoms with Crippen LogP contribution in [0.3, 0.4) is 0 Å². The van der Waals surface area contributed by atoms with Gasteiger partial charge in [0.1, 0.15) is 0 Å². The van der Waals surface area contributed by atoms with Crippen LogP contribution in [0.25, 0.3) is 0 Å². The molecule has 1 aliphatic heterocycles. The lowest BCUT2D eigenvalue weighted by atomic mass is 10.1. The van der Waals surface area contributed by atoms with Gasteiger partial charge < -0.3 is 5.32 Å². The Labute approximate surface area is 112 Å². The SMILES string of the molecule is C#CCSCCNCC1Cc2ccccc2S1. The lowest BCUT2D eigenvalue weighted by molar-refractivity contribution is 0.694. The van der Waals surface area contributed by atoms with Crippen molar-refractivity contribution in [1.82, 2.24) is 5.32 Å². The standard InChI is InChI=1S/C14H17NS2/c1-2-8-16-9-7-15-11-13-10-12-5-3-4-6-14(12)17-13/h1,3-6,13,15H,7-11H2. The van der Waals surface area contributed by atoms with E-state index in [1.807, 2.05) is 23.5 Å². The highest BCUT2D eigenvalue weighted by Gasteiger charge is 2.20. The molecule has 90 valence electrons. The summed E-state index contributed by atoms with van der Waals surface area (Å²) in [5.41, 5.74) is 1.51. The minimum absolute atomic E-state index is 0.699. The number of benzene rings is 1. The van der Waals surface area contributed by atoms with E-state index in [1.54, 1.807) is 0 Å². The highest BCUT2D eigenvalue weighted by molar-refractivity contribution is 8.00. The zero-order valence-electron chi connectivity index (χ0n) is 9.82. The molecule has 0 amide bonds. The molecule has 17 heavy (non-hydrogen) atoms. The van der Waals surface area contributed by atoms with Crippen molar-refractivity contribution in [2.75, 3.05) is 24.6 Å². The van der Waals surface area contributed by atoms with E-state index >= 15 is 0 Å². The smallest absolute Gasteiger partial charge is 0.0545 e. The van der Waals surface area contributed by atoms with E-state index in [0.29, 0.717) is 5.25 Å². The van der Waals surface area contributed by atoms with Crippen molar-refractivity contribution in [3.63, 3.8) is 0 Å². The van der Waals surface area contributed by atoms with Gasteiger partial charge in [0.05, 0.1) is 5.75 Å². The Kier molecular flexibility index (Phi) is 5.31. The maximum absolute atomic E-state index is 5.20. The van der Waals surface area contributed by atoms with E-state index in [0.717, 1.165) is 24.6 Å². The maximum Gasteiger partial charge on any atom is 0.0545 e. The second-order valence-electron chi connectivity index (χ2n) is 4.01. The van der Waals surface area contributed by atoms with Gasteiger partial charge in [-0.25, -0.2) is 0 Å². The monoisotopic (exact) mass is 263 g/mol. The van der Waals surface area contributed by atoms with E-state index in [9.17, 15) is 0 Å². The molecule has 0 fully saturated rings. The number of thioether (sulfide) groups is 2. The molecule has 0 saturated heterocycles. The highest BCUT2D eigenvalue weighted by atomic mass is 32.2. The minimum Gasteiger partial charge on any atom is -0.315 e. The molecule has 1 N–H and O–H groups in total. The normalized spacial score (nSPS) is 17.7. The van der Waals surface area contributed by atoms with Crippen LogP contribution < -0.4 is 5.32 Å². The zero-order valence-corrected chi connectivity index (χ0v) is 11.4. The van der Waals surface area contributed by atoms with Gasteiger partial charge in [-0.15, -0.1) is 29.9 Å². The van der Waals surface area contributed by atoms with Crippen molar-refractivity contribution in [3.05, 3.63) is 29.8 Å². The third kappa shape index (κ3) is 3.99. The van der Waals surface area contributed by atoms with Crippen molar-refractivity contribution in [1.29, 1.82) is 0 Å². The summed E-state index contributed by atoms with van der Waals surface area (Å²) in [5.74, 6) is 4.57. The first kappa shape index (κ1) is 12.9. The molecule has 3 heteroatoms. The van der Waals surface area contributed by atoms with Gasteiger partial charge in [-0.05, 0) is 18.1 Å². The summed E-state index contributed by atoms with van der Waals surface area (Å²) in [6.45, 7) is 2.15. The Morgan fingerprint density at radius 3 is 3.18 bits per heavy atom. The van der Waals surface area contributed by atoms with E-state index in [2.05, 4.69) is 35.5 Å². The number of hydrogen-bond donors (Lipinski definition) is 1. The van der Waals surface area contributed by atoms with Crippen molar-refractivity contribution >= 4 is 23.5 Å². The zero-order chi connectivity index (χ0) is 11.9. The first-order valence-electron chi connectivity index (χ1n) is 5.86. The second-order valence-corrected chi connectivity index (χ2v) is 6.46. The highest BCUT2D eigenvalue weighted by Crippen LogP contribution is 2.36. The Balaban J connectivity index is 1.62. The average molecular weight is 263 g/mol. The molecule has 1 unspecified atom stereocenters. The quantitative estimate of drug-likeness (QED) is 0.626. The Morgan fingerprint density at radius 2 is 2.35 bits per heavy atom. The first-order chi connectivity index (χ1) is 8.40. The maximum atomic E-state index is 5.20. The van der Waals surface area contributed by atoms with E-state index in [1.165, 1.54) is 16.9 Å². The van der Waals surface area contributed by atoms with Gasteiger partial charge >= 0.3 is 0 Å². The molecule has 1 heterocycles. The average Bonchev–Trinajstić information content (AvgIpc) is 2.76. The van der Waals surface area contributed by atoms with Crippen molar-refractivity contribution in [2.45, 2.75) is 16.6 Å². The van der Waals surface area contributed by atoms with Crippen LogP contribution in [0.15, 0.2) is 29.2 Å². The van der Waals surface area contributed by atoms with Crippen LogP contribution >= 0.6 is 23.5 Å². The van der Waals surface area contributed by atoms with E-state index in [-0.39, 0.29) is 0 Å². The van der Waals surface area contributed by atoms with Crippen molar-refractivity contribution in [3.8, 4) is 12.3 Å². The van der Waals surface area contributed by atoms with Crippen LogP contribution in [0.1, 0.15) is 5.56 Å². The van der Waals surface area contributed by atoms with Gasteiger partial charge in [-0.3, -0.25) is 0 Å². The summed E-state index contributed by atoms with van der Waals surface area (Å²) >= 11 is 3.82. The van der Waals surface area contributed by atoms with Crippen LogP contribution in [-0.4, -0.2) is 29.8 Å².